The molecule has 1 aromatic carbocycles. The number of aromatic nitrogens is 2. The van der Waals surface area contributed by atoms with Crippen molar-refractivity contribution in [1.82, 2.24) is 9.97 Å². The maximum absolute atomic E-state index is 13.6. The number of halogens is 2. The Bertz CT molecular complexity index is 527. The largest absolute Gasteiger partial charge is 0.332 e. The van der Waals surface area contributed by atoms with Gasteiger partial charge < -0.3 is 4.98 Å². The Morgan fingerprint density at radius 3 is 3.07 bits per heavy atom. The molecule has 0 aliphatic rings. The van der Waals surface area contributed by atoms with E-state index in [4.69, 9.17) is 5.26 Å². The molecule has 1 heterocycles. The van der Waals surface area contributed by atoms with E-state index in [1.807, 2.05) is 6.07 Å². The van der Waals surface area contributed by atoms with Gasteiger partial charge in [-0.3, -0.25) is 0 Å². The van der Waals surface area contributed by atoms with E-state index in [2.05, 4.69) is 25.9 Å². The van der Waals surface area contributed by atoms with Crippen LogP contribution in [-0.2, 0) is 6.42 Å². The number of nitrogens with one attached hydrogen (secondary N) is 1. The van der Waals surface area contributed by atoms with Crippen LogP contribution in [0.3, 0.4) is 0 Å². The third-order valence-electron chi connectivity index (χ3n) is 1.91. The standard InChI is InChI=1S/C9H5BrFN3/c10-9-13-6-2-1-5(3-4-12)7(11)8(6)14-9/h1-2H,3H2,(H,13,14). The monoisotopic (exact) mass is 253 g/mol. The minimum absolute atomic E-state index is 0.0618. The first kappa shape index (κ1) is 9.16. The highest BCUT2D eigenvalue weighted by molar-refractivity contribution is 9.10. The van der Waals surface area contributed by atoms with Crippen LogP contribution in [0.1, 0.15) is 5.56 Å². The molecule has 0 saturated carbocycles. The predicted octanol–water partition coefficient (Wildman–Crippen LogP) is 2.53. The van der Waals surface area contributed by atoms with Gasteiger partial charge in [0.1, 0.15) is 5.52 Å². The zero-order chi connectivity index (χ0) is 10.1. The number of hydrogen-bond acceptors (Lipinski definition) is 2. The Balaban J connectivity index is 2.69. The minimum atomic E-state index is -0.425. The smallest absolute Gasteiger partial charge is 0.175 e. The van der Waals surface area contributed by atoms with Crippen molar-refractivity contribution in [2.45, 2.75) is 6.42 Å². The van der Waals surface area contributed by atoms with E-state index in [-0.39, 0.29) is 11.9 Å². The molecule has 0 unspecified atom stereocenters. The first-order chi connectivity index (χ1) is 6.72. The molecule has 1 aromatic heterocycles. The molecule has 5 heteroatoms. The predicted molar refractivity (Wildman–Crippen MR) is 53.1 cm³/mol. The summed E-state index contributed by atoms with van der Waals surface area (Å²) in [5, 5.41) is 8.47. The van der Waals surface area contributed by atoms with Gasteiger partial charge in [-0.2, -0.15) is 5.26 Å². The molecule has 70 valence electrons. The Hall–Kier alpha value is -1.41. The lowest BCUT2D eigenvalue weighted by atomic mass is 10.1. The number of fused-ring (bicyclic) bond motifs is 1. The third kappa shape index (κ3) is 1.38. The molecule has 0 fully saturated rings. The molecule has 0 spiro atoms. The van der Waals surface area contributed by atoms with Crippen LogP contribution in [0.2, 0.25) is 0 Å². The van der Waals surface area contributed by atoms with E-state index in [9.17, 15) is 4.39 Å². The Labute approximate surface area is 87.7 Å². The quantitative estimate of drug-likeness (QED) is 0.850. The summed E-state index contributed by atoms with van der Waals surface area (Å²) >= 11 is 3.12. The summed E-state index contributed by atoms with van der Waals surface area (Å²) in [4.78, 5) is 6.78. The van der Waals surface area contributed by atoms with Crippen LogP contribution in [0.15, 0.2) is 16.9 Å². The Morgan fingerprint density at radius 2 is 2.36 bits per heavy atom. The van der Waals surface area contributed by atoms with Crippen LogP contribution < -0.4 is 0 Å². The van der Waals surface area contributed by atoms with Crippen LogP contribution in [0.25, 0.3) is 11.0 Å². The van der Waals surface area contributed by atoms with Gasteiger partial charge >= 0.3 is 0 Å². The Morgan fingerprint density at radius 1 is 1.57 bits per heavy atom. The second kappa shape index (κ2) is 3.39. The molecule has 2 aromatic rings. The number of benzene rings is 1. The van der Waals surface area contributed by atoms with Crippen molar-refractivity contribution in [2.24, 2.45) is 0 Å². The summed E-state index contributed by atoms with van der Waals surface area (Å²) in [6.07, 6.45) is 0.0618. The van der Waals surface area contributed by atoms with Gasteiger partial charge in [-0.05, 0) is 22.0 Å². The lowest BCUT2D eigenvalue weighted by Gasteiger charge is -1.96. The van der Waals surface area contributed by atoms with E-state index < -0.39 is 5.82 Å². The Kier molecular flexibility index (Phi) is 2.22. The molecule has 1 N–H and O–H groups in total. The van der Waals surface area contributed by atoms with Crippen LogP contribution in [0.4, 0.5) is 4.39 Å². The highest BCUT2D eigenvalue weighted by Crippen LogP contribution is 2.21. The number of H-pyrrole nitrogens is 1. The zero-order valence-electron chi connectivity index (χ0n) is 7.01. The average Bonchev–Trinajstić information content (AvgIpc) is 2.52. The maximum Gasteiger partial charge on any atom is 0.175 e. The first-order valence-electron chi connectivity index (χ1n) is 3.92. The lowest BCUT2D eigenvalue weighted by Crippen LogP contribution is -1.89. The van der Waals surface area contributed by atoms with Gasteiger partial charge in [-0.15, -0.1) is 0 Å². The fourth-order valence-electron chi connectivity index (χ4n) is 1.28. The van der Waals surface area contributed by atoms with Gasteiger partial charge in [0.2, 0.25) is 0 Å². The molecule has 0 atom stereocenters. The third-order valence-corrected chi connectivity index (χ3v) is 2.29. The van der Waals surface area contributed by atoms with Crippen LogP contribution in [-0.4, -0.2) is 9.97 Å². The SMILES string of the molecule is N#CCc1ccc2[nH]c(Br)nc2c1F. The second-order valence-corrected chi connectivity index (χ2v) is 3.55. The summed E-state index contributed by atoms with van der Waals surface area (Å²) in [5.74, 6) is -0.425. The average molecular weight is 254 g/mol. The topological polar surface area (TPSA) is 52.5 Å². The highest BCUT2D eigenvalue weighted by Gasteiger charge is 2.10. The summed E-state index contributed by atoms with van der Waals surface area (Å²) < 4.78 is 14.1. The van der Waals surface area contributed by atoms with Crippen molar-refractivity contribution < 1.29 is 4.39 Å². The normalized spacial score (nSPS) is 10.4. The van der Waals surface area contributed by atoms with Crippen LogP contribution in [0.5, 0.6) is 0 Å². The summed E-state index contributed by atoms with van der Waals surface area (Å²) in [7, 11) is 0. The van der Waals surface area contributed by atoms with Crippen molar-refractivity contribution in [3.63, 3.8) is 0 Å². The lowest BCUT2D eigenvalue weighted by molar-refractivity contribution is 0.625. The van der Waals surface area contributed by atoms with Crippen molar-refractivity contribution in [3.05, 3.63) is 28.2 Å². The van der Waals surface area contributed by atoms with E-state index in [1.165, 1.54) is 0 Å². The summed E-state index contributed by atoms with van der Waals surface area (Å²) in [6, 6.07) is 5.21. The first-order valence-corrected chi connectivity index (χ1v) is 4.71. The fourth-order valence-corrected chi connectivity index (χ4v) is 1.67. The second-order valence-electron chi connectivity index (χ2n) is 2.80. The van der Waals surface area contributed by atoms with Crippen LogP contribution in [0, 0.1) is 17.1 Å². The molecule has 0 bridgehead atoms. The summed E-state index contributed by atoms with van der Waals surface area (Å²) in [6.45, 7) is 0. The van der Waals surface area contributed by atoms with Crippen molar-refractivity contribution in [1.29, 1.82) is 5.26 Å². The number of imidazole rings is 1. The van der Waals surface area contributed by atoms with Crippen LogP contribution >= 0.6 is 15.9 Å². The zero-order valence-corrected chi connectivity index (χ0v) is 8.60. The number of nitriles is 1. The van der Waals surface area contributed by atoms with Crippen molar-refractivity contribution in [2.75, 3.05) is 0 Å². The maximum atomic E-state index is 13.6. The van der Waals surface area contributed by atoms with Gasteiger partial charge in [0.05, 0.1) is 18.0 Å². The molecule has 3 nitrogen and oxygen atoms in total. The molecule has 14 heavy (non-hydrogen) atoms. The van der Waals surface area contributed by atoms with E-state index in [1.54, 1.807) is 12.1 Å². The molecular weight excluding hydrogens is 249 g/mol. The van der Waals surface area contributed by atoms with Gasteiger partial charge in [-0.25, -0.2) is 9.37 Å². The van der Waals surface area contributed by atoms with Gasteiger partial charge in [0.25, 0.3) is 0 Å². The molecule has 0 aliphatic carbocycles. The molecule has 0 radical (unpaired) electrons. The van der Waals surface area contributed by atoms with Gasteiger partial charge in [0.15, 0.2) is 10.6 Å². The van der Waals surface area contributed by atoms with E-state index >= 15 is 0 Å². The molecule has 0 saturated heterocycles. The molecule has 2 rings (SSSR count). The number of rotatable bonds is 1. The van der Waals surface area contributed by atoms with E-state index in [0.717, 1.165) is 0 Å². The number of nitrogens with zero attached hydrogens (tertiary/aromatic N) is 2. The van der Waals surface area contributed by atoms with Gasteiger partial charge in [0, 0.05) is 5.56 Å². The van der Waals surface area contributed by atoms with Crippen molar-refractivity contribution >= 4 is 27.0 Å². The van der Waals surface area contributed by atoms with E-state index in [0.29, 0.717) is 15.8 Å². The van der Waals surface area contributed by atoms with Gasteiger partial charge in [-0.1, -0.05) is 6.07 Å². The number of hydrogen-bond donors (Lipinski definition) is 1. The summed E-state index contributed by atoms with van der Waals surface area (Å²) in [5.41, 5.74) is 1.26. The fraction of sp³-hybridized carbons (Fsp3) is 0.111. The highest BCUT2D eigenvalue weighted by atomic mass is 79.9. The molecule has 0 aliphatic heterocycles. The minimum Gasteiger partial charge on any atom is -0.332 e. The molecule has 0 amide bonds. The number of aromatic amines is 1. The molecular formula is C9H5BrFN3. The van der Waals surface area contributed by atoms with Crippen molar-refractivity contribution in [3.8, 4) is 6.07 Å².